The summed E-state index contributed by atoms with van der Waals surface area (Å²) in [5.74, 6) is -0.344. The van der Waals surface area contributed by atoms with Crippen molar-refractivity contribution >= 4 is 33.4 Å². The zero-order valence-electron chi connectivity index (χ0n) is 15.0. The molecular weight excluding hydrogens is 340 g/mol. The molecule has 0 saturated heterocycles. The number of carbonyl (C=O) groups excluding carboxylic acids is 1. The lowest BCUT2D eigenvalue weighted by Gasteiger charge is -2.04. The summed E-state index contributed by atoms with van der Waals surface area (Å²) in [5.41, 5.74) is 3.03. The largest absolute Gasteiger partial charge is 0.493 e. The molecule has 0 atom stereocenters. The fourth-order valence-electron chi connectivity index (χ4n) is 2.97. The average molecular weight is 358 g/mol. The molecule has 0 saturated carbocycles. The highest BCUT2D eigenvalue weighted by Gasteiger charge is 2.14. The maximum Gasteiger partial charge on any atom is 0.313 e. The van der Waals surface area contributed by atoms with Crippen LogP contribution in [0.15, 0.2) is 64.8 Å². The molecule has 0 aliphatic rings. The maximum absolute atomic E-state index is 12.4. The molecule has 0 aliphatic heterocycles. The molecule has 27 heavy (non-hydrogen) atoms. The van der Waals surface area contributed by atoms with Gasteiger partial charge >= 0.3 is 5.91 Å². The maximum atomic E-state index is 12.4. The summed E-state index contributed by atoms with van der Waals surface area (Å²) >= 11 is 0. The first-order chi connectivity index (χ1) is 13.0. The zero-order valence-corrected chi connectivity index (χ0v) is 15.0. The van der Waals surface area contributed by atoms with Crippen molar-refractivity contribution in [2.45, 2.75) is 19.8 Å². The highest BCUT2D eigenvalue weighted by atomic mass is 16.3. The Morgan fingerprint density at radius 3 is 2.74 bits per heavy atom. The van der Waals surface area contributed by atoms with Crippen molar-refractivity contribution in [2.24, 2.45) is 10.2 Å². The number of rotatable bonds is 3. The van der Waals surface area contributed by atoms with Gasteiger partial charge < -0.3 is 10.1 Å². The van der Waals surface area contributed by atoms with E-state index in [1.54, 1.807) is 6.07 Å². The highest BCUT2D eigenvalue weighted by Crippen LogP contribution is 2.37. The molecule has 1 amide bonds. The first-order valence-corrected chi connectivity index (χ1v) is 8.69. The van der Waals surface area contributed by atoms with Crippen molar-refractivity contribution in [3.63, 3.8) is 0 Å². The fourth-order valence-corrected chi connectivity index (χ4v) is 2.97. The Labute approximate surface area is 155 Å². The van der Waals surface area contributed by atoms with Gasteiger partial charge in [0.1, 0.15) is 5.69 Å². The summed E-state index contributed by atoms with van der Waals surface area (Å²) in [5, 5.41) is 19.6. The number of hydrogen-bond donors (Lipinski definition) is 2. The highest BCUT2D eigenvalue weighted by molar-refractivity contribution is 5.97. The van der Waals surface area contributed by atoms with Gasteiger partial charge in [-0.15, -0.1) is 10.2 Å². The summed E-state index contributed by atoms with van der Waals surface area (Å²) in [6.07, 6.45) is 0. The third-order valence-corrected chi connectivity index (χ3v) is 4.50. The topological polar surface area (TPSA) is 90.7 Å². The van der Waals surface area contributed by atoms with E-state index < -0.39 is 5.91 Å². The summed E-state index contributed by atoms with van der Waals surface area (Å²) in [6.45, 7) is 4.17. The van der Waals surface area contributed by atoms with Crippen molar-refractivity contribution in [2.75, 3.05) is 0 Å². The van der Waals surface area contributed by atoms with Crippen molar-refractivity contribution in [3.8, 4) is 5.88 Å². The molecule has 0 spiro atoms. The van der Waals surface area contributed by atoms with Crippen LogP contribution in [0.1, 0.15) is 35.8 Å². The molecule has 6 heteroatoms. The third-order valence-electron chi connectivity index (χ3n) is 4.50. The normalized spacial score (nSPS) is 11.8. The van der Waals surface area contributed by atoms with Crippen LogP contribution >= 0.6 is 0 Å². The van der Waals surface area contributed by atoms with Gasteiger partial charge in [-0.1, -0.05) is 44.2 Å². The molecule has 0 bridgehead atoms. The number of aromatic nitrogens is 2. The van der Waals surface area contributed by atoms with Crippen LogP contribution < -0.4 is 0 Å². The number of hydrogen-bond acceptors (Lipinski definition) is 4. The van der Waals surface area contributed by atoms with Crippen LogP contribution in [0, 0.1) is 0 Å². The summed E-state index contributed by atoms with van der Waals surface area (Å²) in [4.78, 5) is 19.6. The van der Waals surface area contributed by atoms with Gasteiger partial charge in [-0.2, -0.15) is 0 Å². The number of azo groups is 1. The Bertz CT molecular complexity index is 1190. The van der Waals surface area contributed by atoms with Crippen LogP contribution in [0.4, 0.5) is 5.69 Å². The van der Waals surface area contributed by atoms with Crippen LogP contribution in [0.5, 0.6) is 5.88 Å². The lowest BCUT2D eigenvalue weighted by Crippen LogP contribution is -1.97. The van der Waals surface area contributed by atoms with Gasteiger partial charge in [-0.05, 0) is 35.7 Å². The molecule has 4 rings (SSSR count). The number of amides is 1. The van der Waals surface area contributed by atoms with Gasteiger partial charge in [0.15, 0.2) is 5.69 Å². The minimum atomic E-state index is -0.561. The fraction of sp³-hybridized carbons (Fsp3) is 0.143. The molecular formula is C21H18N4O2. The van der Waals surface area contributed by atoms with Crippen LogP contribution in [-0.4, -0.2) is 21.0 Å². The van der Waals surface area contributed by atoms with Gasteiger partial charge in [0.25, 0.3) is 0 Å². The number of aromatic hydroxyl groups is 1. The van der Waals surface area contributed by atoms with E-state index in [1.807, 2.05) is 48.5 Å². The van der Waals surface area contributed by atoms with Gasteiger partial charge in [0, 0.05) is 10.8 Å². The Kier molecular flexibility index (Phi) is 4.16. The predicted octanol–water partition coefficient (Wildman–Crippen LogP) is 5.47. The Morgan fingerprint density at radius 1 is 1.11 bits per heavy atom. The van der Waals surface area contributed by atoms with Crippen molar-refractivity contribution < 1.29 is 9.90 Å². The molecule has 6 nitrogen and oxygen atoms in total. The van der Waals surface area contributed by atoms with Gasteiger partial charge in [0.2, 0.25) is 5.88 Å². The minimum Gasteiger partial charge on any atom is -0.493 e. The predicted molar refractivity (Wildman–Crippen MR) is 105 cm³/mol. The second kappa shape index (κ2) is 6.64. The molecule has 2 aromatic carbocycles. The van der Waals surface area contributed by atoms with E-state index in [0.29, 0.717) is 5.92 Å². The quantitative estimate of drug-likeness (QED) is 0.476. The number of nitrogens with one attached hydrogen (secondary N) is 1. The lowest BCUT2D eigenvalue weighted by molar-refractivity contribution is 0.0990. The Hall–Kier alpha value is -3.54. The van der Waals surface area contributed by atoms with Crippen LogP contribution in [0.3, 0.4) is 0 Å². The zero-order chi connectivity index (χ0) is 19.0. The Balaban J connectivity index is 1.69. The minimum absolute atomic E-state index is 0.117. The summed E-state index contributed by atoms with van der Waals surface area (Å²) in [7, 11) is 0. The molecule has 2 aromatic heterocycles. The number of H-pyrrole nitrogens is 1. The molecule has 4 aromatic rings. The Morgan fingerprint density at radius 2 is 1.93 bits per heavy atom. The molecule has 2 N–H and O–H groups in total. The van der Waals surface area contributed by atoms with E-state index in [-0.39, 0.29) is 17.3 Å². The van der Waals surface area contributed by atoms with E-state index in [2.05, 4.69) is 34.0 Å². The molecule has 134 valence electrons. The smallest absolute Gasteiger partial charge is 0.313 e. The average Bonchev–Trinajstić information content (AvgIpc) is 2.99. The lowest BCUT2D eigenvalue weighted by atomic mass is 10.0. The molecule has 0 radical (unpaired) electrons. The monoisotopic (exact) mass is 358 g/mol. The number of para-hydroxylation sites is 1. The van der Waals surface area contributed by atoms with Gasteiger partial charge in [-0.3, -0.25) is 4.79 Å². The van der Waals surface area contributed by atoms with Crippen LogP contribution in [0.2, 0.25) is 0 Å². The van der Waals surface area contributed by atoms with Crippen LogP contribution in [0.25, 0.3) is 21.8 Å². The first-order valence-electron chi connectivity index (χ1n) is 8.69. The number of fused-ring (bicyclic) bond motifs is 2. The first kappa shape index (κ1) is 16.9. The standard InChI is InChI=1S/C21H18N4O2/c1-12(2)14-8-9-17-15(11-14)19(21(27)23-17)24-25-20(26)18-10-7-13-5-3-4-6-16(13)22-18/h3-12,23,27H,1-2H3. The van der Waals surface area contributed by atoms with Crippen molar-refractivity contribution in [1.82, 2.24) is 9.97 Å². The number of benzene rings is 2. The number of pyridine rings is 1. The van der Waals surface area contributed by atoms with E-state index in [1.165, 1.54) is 0 Å². The second-order valence-corrected chi connectivity index (χ2v) is 6.68. The van der Waals surface area contributed by atoms with E-state index in [9.17, 15) is 9.90 Å². The SMILES string of the molecule is CC(C)c1ccc2[nH]c(O)c(N=NC(=O)c3ccc4ccccc4n3)c2c1. The van der Waals surface area contributed by atoms with E-state index in [4.69, 9.17) is 0 Å². The molecule has 0 unspecified atom stereocenters. The number of nitrogens with zero attached hydrogens (tertiary/aromatic N) is 3. The second-order valence-electron chi connectivity index (χ2n) is 6.68. The molecule has 0 aliphatic carbocycles. The summed E-state index contributed by atoms with van der Waals surface area (Å²) < 4.78 is 0. The summed E-state index contributed by atoms with van der Waals surface area (Å²) in [6, 6.07) is 16.8. The van der Waals surface area contributed by atoms with Crippen LogP contribution in [-0.2, 0) is 0 Å². The van der Waals surface area contributed by atoms with E-state index in [0.717, 1.165) is 27.4 Å². The molecule has 0 fully saturated rings. The van der Waals surface area contributed by atoms with Gasteiger partial charge in [0.05, 0.1) is 11.0 Å². The van der Waals surface area contributed by atoms with E-state index >= 15 is 0 Å². The van der Waals surface area contributed by atoms with Gasteiger partial charge in [-0.25, -0.2) is 4.98 Å². The number of carbonyl (C=O) groups is 1. The number of aromatic amines is 1. The molecule has 2 heterocycles. The third kappa shape index (κ3) is 3.17. The van der Waals surface area contributed by atoms with Crippen molar-refractivity contribution in [3.05, 3.63) is 65.9 Å². The van der Waals surface area contributed by atoms with Crippen molar-refractivity contribution in [1.29, 1.82) is 0 Å².